The number of hydrogen-bond acceptors (Lipinski definition) is 4. The summed E-state index contributed by atoms with van der Waals surface area (Å²) in [6, 6.07) is 49.6. The van der Waals surface area contributed by atoms with Crippen LogP contribution in [0.4, 0.5) is 17.1 Å². The van der Waals surface area contributed by atoms with E-state index in [0.717, 1.165) is 66.3 Å². The molecule has 10 rings (SSSR count). The highest BCUT2D eigenvalue weighted by Crippen LogP contribution is 2.43. The van der Waals surface area contributed by atoms with Crippen molar-refractivity contribution < 1.29 is 8.83 Å². The molecular weight excluding hydrogens is 559 g/mol. The van der Waals surface area contributed by atoms with Gasteiger partial charge in [-0.05, 0) is 83.6 Å². The van der Waals surface area contributed by atoms with Crippen molar-refractivity contribution in [3.63, 3.8) is 0 Å². The second kappa shape index (κ2) is 8.96. The van der Waals surface area contributed by atoms with Gasteiger partial charge in [-0.3, -0.25) is 0 Å². The summed E-state index contributed by atoms with van der Waals surface area (Å²) in [5, 5.41) is 9.40. The molecule has 0 fully saturated rings. The van der Waals surface area contributed by atoms with Gasteiger partial charge >= 0.3 is 0 Å². The second-order valence-corrected chi connectivity index (χ2v) is 12.5. The van der Waals surface area contributed by atoms with E-state index < -0.39 is 0 Å². The summed E-state index contributed by atoms with van der Waals surface area (Å²) >= 11 is 1.84. The molecule has 10 aromatic rings. The minimum atomic E-state index is 0.875. The Hall–Kier alpha value is -5.58. The highest BCUT2D eigenvalue weighted by atomic mass is 32.1. The fourth-order valence-corrected chi connectivity index (χ4v) is 7.84. The number of anilines is 3. The standard InChI is InChI=1S/C40H23NO2S/c1-4-10-35-29(7-1)31-17-15-28(23-38(31)43-35)41(27-16-18-40-34(22-27)32-9-3-6-12-39(32)44-40)26-14-13-24-20-33-30-8-2-5-11-36(30)42-37(33)21-25(24)19-26/h1-23H. The first-order valence-corrected chi connectivity index (χ1v) is 15.6. The lowest BCUT2D eigenvalue weighted by atomic mass is 10.0. The van der Waals surface area contributed by atoms with E-state index in [1.807, 2.05) is 35.6 Å². The third-order valence-corrected chi connectivity index (χ3v) is 9.97. The third-order valence-electron chi connectivity index (χ3n) is 8.82. The Labute approximate surface area is 255 Å². The third kappa shape index (κ3) is 3.49. The van der Waals surface area contributed by atoms with Crippen LogP contribution in [0.25, 0.3) is 74.8 Å². The van der Waals surface area contributed by atoms with Crippen molar-refractivity contribution in [2.45, 2.75) is 0 Å². The number of hydrogen-bond donors (Lipinski definition) is 0. The number of nitrogens with zero attached hydrogens (tertiary/aromatic N) is 1. The smallest absolute Gasteiger partial charge is 0.137 e. The Bertz CT molecular complexity index is 2750. The molecule has 4 heteroatoms. The molecule has 3 nitrogen and oxygen atoms in total. The molecule has 0 amide bonds. The van der Waals surface area contributed by atoms with Crippen molar-refractivity contribution >= 4 is 103 Å². The lowest BCUT2D eigenvalue weighted by Crippen LogP contribution is -2.09. The van der Waals surface area contributed by atoms with E-state index in [0.29, 0.717) is 0 Å². The molecule has 3 aromatic heterocycles. The van der Waals surface area contributed by atoms with Crippen LogP contribution in [0.5, 0.6) is 0 Å². The number of rotatable bonds is 3. The predicted octanol–water partition coefficient (Wildman–Crippen LogP) is 12.5. The van der Waals surface area contributed by atoms with E-state index >= 15 is 0 Å². The highest BCUT2D eigenvalue weighted by molar-refractivity contribution is 7.25. The zero-order valence-corrected chi connectivity index (χ0v) is 24.3. The minimum absolute atomic E-state index is 0.875. The molecular formula is C40H23NO2S. The van der Waals surface area contributed by atoms with Gasteiger partial charge in [0.2, 0.25) is 0 Å². The number of thiophene rings is 1. The molecule has 7 aromatic carbocycles. The first-order chi connectivity index (χ1) is 21.8. The summed E-state index contributed by atoms with van der Waals surface area (Å²) in [5.41, 5.74) is 6.80. The zero-order chi connectivity index (χ0) is 28.8. The van der Waals surface area contributed by atoms with Crippen molar-refractivity contribution in [2.24, 2.45) is 0 Å². The normalized spacial score (nSPS) is 12.1. The Kier molecular flexibility index (Phi) is 4.87. The Morgan fingerprint density at radius 3 is 1.80 bits per heavy atom. The summed E-state index contributed by atoms with van der Waals surface area (Å²) in [4.78, 5) is 2.33. The fraction of sp³-hybridized carbons (Fsp3) is 0. The molecule has 0 bridgehead atoms. The summed E-state index contributed by atoms with van der Waals surface area (Å²) in [5.74, 6) is 0. The first-order valence-electron chi connectivity index (χ1n) is 14.7. The van der Waals surface area contributed by atoms with Gasteiger partial charge in [0.05, 0.1) is 0 Å². The molecule has 0 aliphatic carbocycles. The van der Waals surface area contributed by atoms with E-state index in [9.17, 15) is 0 Å². The zero-order valence-electron chi connectivity index (χ0n) is 23.5. The number of benzene rings is 7. The molecule has 206 valence electrons. The largest absolute Gasteiger partial charge is 0.456 e. The maximum absolute atomic E-state index is 6.34. The van der Waals surface area contributed by atoms with Crippen LogP contribution in [-0.2, 0) is 0 Å². The highest BCUT2D eigenvalue weighted by Gasteiger charge is 2.18. The van der Waals surface area contributed by atoms with Crippen LogP contribution in [0, 0.1) is 0 Å². The van der Waals surface area contributed by atoms with Crippen molar-refractivity contribution in [2.75, 3.05) is 4.90 Å². The average Bonchev–Trinajstić information content (AvgIpc) is 3.74. The van der Waals surface area contributed by atoms with E-state index in [1.54, 1.807) is 0 Å². The Morgan fingerprint density at radius 1 is 0.364 bits per heavy atom. The van der Waals surface area contributed by atoms with Crippen LogP contribution < -0.4 is 4.90 Å². The van der Waals surface area contributed by atoms with Crippen LogP contribution in [-0.4, -0.2) is 0 Å². The maximum Gasteiger partial charge on any atom is 0.137 e. The van der Waals surface area contributed by atoms with E-state index in [2.05, 4.69) is 120 Å². The second-order valence-electron chi connectivity index (χ2n) is 11.4. The maximum atomic E-state index is 6.34. The number of para-hydroxylation sites is 2. The minimum Gasteiger partial charge on any atom is -0.456 e. The molecule has 0 saturated heterocycles. The summed E-state index contributed by atoms with van der Waals surface area (Å²) in [6.45, 7) is 0. The van der Waals surface area contributed by atoms with Gasteiger partial charge in [0.1, 0.15) is 22.3 Å². The Balaban J connectivity index is 1.21. The van der Waals surface area contributed by atoms with Gasteiger partial charge in [-0.1, -0.05) is 60.7 Å². The van der Waals surface area contributed by atoms with Gasteiger partial charge in [0, 0.05) is 64.8 Å². The van der Waals surface area contributed by atoms with Crippen LogP contribution >= 0.6 is 11.3 Å². The van der Waals surface area contributed by atoms with Crippen LogP contribution in [0.15, 0.2) is 148 Å². The lowest BCUT2D eigenvalue weighted by molar-refractivity contribution is 0.669. The molecule has 0 saturated carbocycles. The predicted molar refractivity (Wildman–Crippen MR) is 186 cm³/mol. The van der Waals surface area contributed by atoms with E-state index in [-0.39, 0.29) is 0 Å². The van der Waals surface area contributed by atoms with Crippen LogP contribution in [0.2, 0.25) is 0 Å². The van der Waals surface area contributed by atoms with Gasteiger partial charge in [-0.25, -0.2) is 0 Å². The molecule has 0 N–H and O–H groups in total. The van der Waals surface area contributed by atoms with Crippen LogP contribution in [0.1, 0.15) is 0 Å². The topological polar surface area (TPSA) is 29.5 Å². The number of furan rings is 2. The first kappa shape index (κ1) is 23.9. The molecule has 0 atom stereocenters. The van der Waals surface area contributed by atoms with Crippen molar-refractivity contribution in [3.8, 4) is 0 Å². The van der Waals surface area contributed by atoms with Crippen molar-refractivity contribution in [3.05, 3.63) is 140 Å². The molecule has 0 aliphatic rings. The van der Waals surface area contributed by atoms with E-state index in [1.165, 1.54) is 25.6 Å². The van der Waals surface area contributed by atoms with E-state index in [4.69, 9.17) is 8.83 Å². The molecule has 3 heterocycles. The molecule has 44 heavy (non-hydrogen) atoms. The monoisotopic (exact) mass is 581 g/mol. The van der Waals surface area contributed by atoms with Gasteiger partial charge in [0.25, 0.3) is 0 Å². The van der Waals surface area contributed by atoms with Crippen LogP contribution in [0.3, 0.4) is 0 Å². The molecule has 0 spiro atoms. The quantitative estimate of drug-likeness (QED) is 0.208. The Morgan fingerprint density at radius 2 is 0.955 bits per heavy atom. The SMILES string of the molecule is c1ccc2c(c1)oc1cc(N(c3ccc4cc5c(cc4c3)oc3ccccc35)c3ccc4sc5ccccc5c4c3)ccc12. The average molecular weight is 582 g/mol. The van der Waals surface area contributed by atoms with Gasteiger partial charge in [0.15, 0.2) is 0 Å². The lowest BCUT2D eigenvalue weighted by Gasteiger charge is -2.26. The summed E-state index contributed by atoms with van der Waals surface area (Å²) < 4.78 is 15.2. The fourth-order valence-electron chi connectivity index (χ4n) is 6.75. The molecule has 0 radical (unpaired) electrons. The summed E-state index contributed by atoms with van der Waals surface area (Å²) in [6.07, 6.45) is 0. The summed E-state index contributed by atoms with van der Waals surface area (Å²) in [7, 11) is 0. The van der Waals surface area contributed by atoms with Gasteiger partial charge in [-0.15, -0.1) is 11.3 Å². The number of fused-ring (bicyclic) bond motifs is 10. The van der Waals surface area contributed by atoms with Gasteiger partial charge < -0.3 is 13.7 Å². The van der Waals surface area contributed by atoms with Crippen molar-refractivity contribution in [1.29, 1.82) is 0 Å². The van der Waals surface area contributed by atoms with Crippen molar-refractivity contribution in [1.82, 2.24) is 0 Å². The van der Waals surface area contributed by atoms with Gasteiger partial charge in [-0.2, -0.15) is 0 Å². The molecule has 0 unspecified atom stereocenters. The molecule has 0 aliphatic heterocycles.